The van der Waals surface area contributed by atoms with Gasteiger partial charge < -0.3 is 19.7 Å². The average molecular weight is 482 g/mol. The molecule has 0 atom stereocenters. The number of methoxy groups -OCH3 is 1. The monoisotopic (exact) mass is 481 g/mol. The van der Waals surface area contributed by atoms with Crippen LogP contribution in [0.25, 0.3) is 11.4 Å². The number of carboxylic acid groups (broad SMARTS) is 1. The van der Waals surface area contributed by atoms with Gasteiger partial charge in [0.25, 0.3) is 5.91 Å². The molecule has 0 aliphatic heterocycles. The predicted octanol–water partition coefficient (Wildman–Crippen LogP) is 5.33. The molecule has 0 bridgehead atoms. The van der Waals surface area contributed by atoms with Crippen LogP contribution in [0.2, 0.25) is 0 Å². The normalized spacial score (nSPS) is 11.5. The Morgan fingerprint density at radius 2 is 1.71 bits per heavy atom. The first-order valence-electron chi connectivity index (χ1n) is 11.0. The molecular formula is C26H31N3O4S. The van der Waals surface area contributed by atoms with E-state index in [0.29, 0.717) is 24.7 Å². The lowest BCUT2D eigenvalue weighted by molar-refractivity contribution is -0.138. The van der Waals surface area contributed by atoms with E-state index in [-0.39, 0.29) is 5.91 Å². The Morgan fingerprint density at radius 3 is 2.26 bits per heavy atom. The molecule has 8 heteroatoms. The van der Waals surface area contributed by atoms with Gasteiger partial charge in [0.15, 0.2) is 0 Å². The van der Waals surface area contributed by atoms with Crippen LogP contribution in [0.4, 0.5) is 5.69 Å². The van der Waals surface area contributed by atoms with Gasteiger partial charge in [-0.15, -0.1) is 11.8 Å². The van der Waals surface area contributed by atoms with E-state index in [4.69, 9.17) is 9.72 Å². The minimum absolute atomic E-state index is 0.261. The Morgan fingerprint density at radius 1 is 1.09 bits per heavy atom. The van der Waals surface area contributed by atoms with Gasteiger partial charge in [0.05, 0.1) is 6.61 Å². The topological polar surface area (TPSA) is 93.4 Å². The highest BCUT2D eigenvalue weighted by atomic mass is 32.2. The number of thioether (sulfide) groups is 1. The number of carbonyl (C=O) groups excluding carboxylic acids is 1. The van der Waals surface area contributed by atoms with Crippen molar-refractivity contribution in [3.8, 4) is 11.4 Å². The van der Waals surface area contributed by atoms with Gasteiger partial charge in [-0.05, 0) is 57.9 Å². The molecule has 7 nitrogen and oxygen atoms in total. The smallest absolute Gasteiger partial charge is 0.319 e. The molecule has 1 aromatic heterocycles. The molecule has 1 amide bonds. The number of nitrogens with one attached hydrogen (secondary N) is 1. The molecule has 3 aromatic rings. The number of carbonyl (C=O) groups is 2. The number of carboxylic acids is 1. The molecule has 2 N–H and O–H groups in total. The van der Waals surface area contributed by atoms with E-state index in [9.17, 15) is 14.7 Å². The highest BCUT2D eigenvalue weighted by Crippen LogP contribution is 2.34. The summed E-state index contributed by atoms with van der Waals surface area (Å²) in [6, 6.07) is 13.4. The Hall–Kier alpha value is -3.10. The maximum absolute atomic E-state index is 13.2. The number of imidazole rings is 1. The summed E-state index contributed by atoms with van der Waals surface area (Å²) < 4.78 is 6.32. The number of hydrogen-bond donors (Lipinski definition) is 2. The Labute approximate surface area is 204 Å². The van der Waals surface area contributed by atoms with Crippen molar-refractivity contribution in [2.24, 2.45) is 0 Å². The molecule has 0 unspecified atom stereocenters. The van der Waals surface area contributed by atoms with Gasteiger partial charge >= 0.3 is 5.97 Å². The summed E-state index contributed by atoms with van der Waals surface area (Å²) in [5, 5.41) is 12.4. The number of hydrogen-bond acceptors (Lipinski definition) is 5. The van der Waals surface area contributed by atoms with Crippen LogP contribution in [0.1, 0.15) is 41.2 Å². The van der Waals surface area contributed by atoms with Crippen LogP contribution < -0.4 is 5.32 Å². The molecule has 34 heavy (non-hydrogen) atoms. The summed E-state index contributed by atoms with van der Waals surface area (Å²) in [6.07, 6.45) is 0. The Bertz CT molecular complexity index is 1180. The number of rotatable bonds is 9. The second-order valence-corrected chi connectivity index (χ2v) is 10.4. The van der Waals surface area contributed by atoms with Crippen molar-refractivity contribution in [1.29, 1.82) is 0 Å². The van der Waals surface area contributed by atoms with Gasteiger partial charge in [-0.3, -0.25) is 9.59 Å². The molecule has 0 aliphatic rings. The minimum Gasteiger partial charge on any atom is -0.480 e. The van der Waals surface area contributed by atoms with E-state index in [1.165, 1.54) is 11.8 Å². The first-order valence-corrected chi connectivity index (χ1v) is 11.8. The average Bonchev–Trinajstić information content (AvgIpc) is 3.11. The first-order chi connectivity index (χ1) is 16.0. The largest absolute Gasteiger partial charge is 0.480 e. The molecule has 0 saturated heterocycles. The number of benzene rings is 2. The number of nitrogens with zero attached hydrogens (tertiary/aromatic N) is 2. The maximum Gasteiger partial charge on any atom is 0.319 e. The third kappa shape index (κ3) is 5.51. The molecule has 0 radical (unpaired) electrons. The molecule has 0 aliphatic carbocycles. The molecular weight excluding hydrogens is 450 g/mol. The van der Waals surface area contributed by atoms with Crippen molar-refractivity contribution in [2.75, 3.05) is 19.0 Å². The maximum atomic E-state index is 13.2. The van der Waals surface area contributed by atoms with E-state index in [0.717, 1.165) is 33.0 Å². The SMILES string of the molecule is COCCn1c(-c2ccc(SC(C)(C)C(=O)O)cc2)nc(C(=O)Nc2c(C)cccc2C)c1C. The number of ether oxygens (including phenoxy) is 1. The summed E-state index contributed by atoms with van der Waals surface area (Å²) in [5.74, 6) is -0.468. The summed E-state index contributed by atoms with van der Waals surface area (Å²) in [4.78, 5) is 30.2. The van der Waals surface area contributed by atoms with Crippen LogP contribution in [0, 0.1) is 20.8 Å². The van der Waals surface area contributed by atoms with Crippen LogP contribution in [0.15, 0.2) is 47.4 Å². The van der Waals surface area contributed by atoms with Crippen LogP contribution in [0.5, 0.6) is 0 Å². The lowest BCUT2D eigenvalue weighted by atomic mass is 10.1. The molecule has 0 saturated carbocycles. The number of aryl methyl sites for hydroxylation is 2. The zero-order valence-corrected chi connectivity index (χ0v) is 21.2. The number of amides is 1. The molecule has 2 aromatic carbocycles. The highest BCUT2D eigenvalue weighted by Gasteiger charge is 2.28. The number of aromatic nitrogens is 2. The third-order valence-electron chi connectivity index (χ3n) is 5.68. The summed E-state index contributed by atoms with van der Waals surface area (Å²) >= 11 is 1.28. The second kappa shape index (κ2) is 10.4. The molecule has 1 heterocycles. The lowest BCUT2D eigenvalue weighted by Gasteiger charge is -2.18. The van der Waals surface area contributed by atoms with Crippen LogP contribution in [-0.4, -0.2) is 45.0 Å². The summed E-state index contributed by atoms with van der Waals surface area (Å²) in [6.45, 7) is 10.2. The zero-order valence-electron chi connectivity index (χ0n) is 20.4. The number of para-hydroxylation sites is 1. The molecule has 0 spiro atoms. The number of anilines is 1. The highest BCUT2D eigenvalue weighted by molar-refractivity contribution is 8.01. The molecule has 180 valence electrons. The second-order valence-electron chi connectivity index (χ2n) is 8.68. The fraction of sp³-hybridized carbons (Fsp3) is 0.346. The van der Waals surface area contributed by atoms with Crippen molar-refractivity contribution in [2.45, 2.75) is 50.8 Å². The van der Waals surface area contributed by atoms with Gasteiger partial charge in [-0.25, -0.2) is 4.98 Å². The quantitative estimate of drug-likeness (QED) is 0.401. The number of aliphatic carboxylic acids is 1. The fourth-order valence-electron chi connectivity index (χ4n) is 3.62. The minimum atomic E-state index is -0.937. The standard InChI is InChI=1S/C26H31N3O4S/c1-16-8-7-9-17(2)21(16)28-24(30)22-18(3)29(14-15-33-6)23(27-22)19-10-12-20(13-11-19)34-26(4,5)25(31)32/h7-13H,14-15H2,1-6H3,(H,28,30)(H,31,32). The van der Waals surface area contributed by atoms with Crippen molar-refractivity contribution < 1.29 is 19.4 Å². The fourth-order valence-corrected chi connectivity index (χ4v) is 4.57. The van der Waals surface area contributed by atoms with Gasteiger partial charge in [0.1, 0.15) is 16.3 Å². The third-order valence-corrected chi connectivity index (χ3v) is 6.87. The van der Waals surface area contributed by atoms with E-state index >= 15 is 0 Å². The zero-order chi connectivity index (χ0) is 25.0. The van der Waals surface area contributed by atoms with Gasteiger partial charge in [0, 0.05) is 35.5 Å². The van der Waals surface area contributed by atoms with Crippen LogP contribution in [0.3, 0.4) is 0 Å². The van der Waals surface area contributed by atoms with E-state index < -0.39 is 10.7 Å². The molecule has 3 rings (SSSR count). The Balaban J connectivity index is 1.95. The lowest BCUT2D eigenvalue weighted by Crippen LogP contribution is -2.26. The summed E-state index contributed by atoms with van der Waals surface area (Å²) in [5.41, 5.74) is 4.72. The van der Waals surface area contributed by atoms with E-state index in [1.54, 1.807) is 21.0 Å². The Kier molecular flexibility index (Phi) is 7.84. The van der Waals surface area contributed by atoms with Gasteiger partial charge in [-0.1, -0.05) is 30.3 Å². The van der Waals surface area contributed by atoms with Crippen molar-refractivity contribution in [1.82, 2.24) is 9.55 Å². The van der Waals surface area contributed by atoms with Crippen molar-refractivity contribution in [3.63, 3.8) is 0 Å². The van der Waals surface area contributed by atoms with Crippen molar-refractivity contribution >= 4 is 29.3 Å². The van der Waals surface area contributed by atoms with Gasteiger partial charge in [-0.2, -0.15) is 0 Å². The summed E-state index contributed by atoms with van der Waals surface area (Å²) in [7, 11) is 1.64. The van der Waals surface area contributed by atoms with Gasteiger partial charge in [0.2, 0.25) is 0 Å². The predicted molar refractivity (Wildman–Crippen MR) is 136 cm³/mol. The van der Waals surface area contributed by atoms with E-state index in [2.05, 4.69) is 5.32 Å². The first kappa shape index (κ1) is 25.5. The van der Waals surface area contributed by atoms with Crippen molar-refractivity contribution in [3.05, 3.63) is 65.0 Å². The van der Waals surface area contributed by atoms with Crippen LogP contribution >= 0.6 is 11.8 Å². The van der Waals surface area contributed by atoms with E-state index in [1.807, 2.05) is 67.8 Å². The molecule has 0 fully saturated rings. The van der Waals surface area contributed by atoms with Crippen LogP contribution in [-0.2, 0) is 16.1 Å².